The molecule has 2 aromatic heterocycles. The number of rotatable bonds is 4. The molecule has 0 radical (unpaired) electrons. The second-order valence-corrected chi connectivity index (χ2v) is 6.33. The van der Waals surface area contributed by atoms with E-state index >= 15 is 0 Å². The predicted molar refractivity (Wildman–Crippen MR) is 84.6 cm³/mol. The van der Waals surface area contributed by atoms with Gasteiger partial charge in [-0.1, -0.05) is 5.16 Å². The highest BCUT2D eigenvalue weighted by Gasteiger charge is 2.45. The average molecular weight is 328 g/mol. The maximum absolute atomic E-state index is 11.7. The van der Waals surface area contributed by atoms with Gasteiger partial charge in [0.2, 0.25) is 5.91 Å². The molecule has 1 atom stereocenters. The smallest absolute Gasteiger partial charge is 0.253 e. The summed E-state index contributed by atoms with van der Waals surface area (Å²) in [5, 5.41) is 15.9. The first-order valence-electron chi connectivity index (χ1n) is 7.79. The summed E-state index contributed by atoms with van der Waals surface area (Å²) in [5.41, 5.74) is 1.04. The number of nitrogens with one attached hydrogen (secondary N) is 1. The zero-order valence-corrected chi connectivity index (χ0v) is 14.0. The van der Waals surface area contributed by atoms with Gasteiger partial charge >= 0.3 is 0 Å². The zero-order valence-electron chi connectivity index (χ0n) is 14.0. The van der Waals surface area contributed by atoms with E-state index in [0.717, 1.165) is 12.1 Å². The lowest BCUT2D eigenvalue weighted by Crippen LogP contribution is -2.47. The molecule has 2 aromatic rings. The van der Waals surface area contributed by atoms with E-state index in [1.54, 1.807) is 6.92 Å². The molecule has 1 saturated heterocycles. The van der Waals surface area contributed by atoms with Gasteiger partial charge in [-0.15, -0.1) is 0 Å². The predicted octanol–water partition coefficient (Wildman–Crippen LogP) is 0.825. The molecular weight excluding hydrogens is 308 g/mol. The van der Waals surface area contributed by atoms with Crippen LogP contribution in [0.5, 0.6) is 0 Å². The fourth-order valence-electron chi connectivity index (χ4n) is 3.27. The fraction of sp³-hybridized carbons (Fsp3) is 0.500. The molecule has 0 saturated carbocycles. The summed E-state index contributed by atoms with van der Waals surface area (Å²) < 4.78 is 7.16. The van der Waals surface area contributed by atoms with Crippen LogP contribution >= 0.6 is 0 Å². The molecule has 3 heterocycles. The van der Waals surface area contributed by atoms with Crippen LogP contribution in [0.3, 0.4) is 0 Å². The minimum absolute atomic E-state index is 0.126. The van der Waals surface area contributed by atoms with Gasteiger partial charge in [0.15, 0.2) is 5.82 Å². The third kappa shape index (κ3) is 3.03. The highest BCUT2D eigenvalue weighted by Crippen LogP contribution is 2.32. The number of carbonyl (C=O) groups excluding carboxylic acids is 1. The van der Waals surface area contributed by atoms with Crippen molar-refractivity contribution >= 4 is 5.91 Å². The largest absolute Gasteiger partial charge is 0.342 e. The Labute approximate surface area is 140 Å². The number of amides is 1. The van der Waals surface area contributed by atoms with Gasteiger partial charge in [0.25, 0.3) is 5.89 Å². The SMILES string of the molecule is CC(=O)NC1(c2nc(C)no2)CCN(Cc2cc(C#N)n(C)c2)C1. The van der Waals surface area contributed by atoms with Crippen molar-refractivity contribution in [1.29, 1.82) is 5.26 Å². The minimum Gasteiger partial charge on any atom is -0.342 e. The number of nitrogens with zero attached hydrogens (tertiary/aromatic N) is 5. The number of aryl methyl sites for hydroxylation is 2. The number of hydrogen-bond acceptors (Lipinski definition) is 6. The van der Waals surface area contributed by atoms with Crippen LogP contribution in [0, 0.1) is 18.3 Å². The van der Waals surface area contributed by atoms with Crippen molar-refractivity contribution in [2.45, 2.75) is 32.4 Å². The highest BCUT2D eigenvalue weighted by atomic mass is 16.5. The van der Waals surface area contributed by atoms with Crippen molar-refractivity contribution in [1.82, 2.24) is 24.9 Å². The minimum atomic E-state index is -0.653. The van der Waals surface area contributed by atoms with E-state index in [-0.39, 0.29) is 5.91 Å². The van der Waals surface area contributed by atoms with Crippen molar-refractivity contribution in [2.75, 3.05) is 13.1 Å². The number of hydrogen-bond donors (Lipinski definition) is 1. The van der Waals surface area contributed by atoms with Crippen LogP contribution in [0.4, 0.5) is 0 Å². The highest BCUT2D eigenvalue weighted by molar-refractivity contribution is 5.74. The standard InChI is InChI=1S/C16H20N6O2/c1-11-18-15(24-20-11)16(19-12(2)23)4-5-22(10-16)9-13-6-14(7-17)21(3)8-13/h6,8H,4-5,9-10H2,1-3H3,(H,19,23). The van der Waals surface area contributed by atoms with Gasteiger partial charge in [0.05, 0.1) is 0 Å². The van der Waals surface area contributed by atoms with Crippen molar-refractivity contribution in [3.63, 3.8) is 0 Å². The zero-order chi connectivity index (χ0) is 17.3. The summed E-state index contributed by atoms with van der Waals surface area (Å²) >= 11 is 0. The van der Waals surface area contributed by atoms with E-state index in [2.05, 4.69) is 26.4 Å². The Hall–Kier alpha value is -2.66. The van der Waals surface area contributed by atoms with Crippen LogP contribution in [0.15, 0.2) is 16.8 Å². The third-order valence-electron chi connectivity index (χ3n) is 4.28. The molecule has 0 spiro atoms. The molecule has 1 fully saturated rings. The Morgan fingerprint density at radius 3 is 2.96 bits per heavy atom. The van der Waals surface area contributed by atoms with E-state index < -0.39 is 5.54 Å². The lowest BCUT2D eigenvalue weighted by Gasteiger charge is -2.26. The molecule has 8 nitrogen and oxygen atoms in total. The molecule has 8 heteroatoms. The Bertz CT molecular complexity index is 802. The molecular formula is C16H20N6O2. The van der Waals surface area contributed by atoms with Gasteiger partial charge in [-0.2, -0.15) is 10.2 Å². The fourth-order valence-corrected chi connectivity index (χ4v) is 3.27. The summed E-state index contributed by atoms with van der Waals surface area (Å²) in [6, 6.07) is 4.05. The van der Waals surface area contributed by atoms with Crippen molar-refractivity contribution in [3.8, 4) is 6.07 Å². The molecule has 3 rings (SSSR count). The van der Waals surface area contributed by atoms with E-state index in [4.69, 9.17) is 9.78 Å². The van der Waals surface area contributed by atoms with Gasteiger partial charge in [-0.3, -0.25) is 9.69 Å². The number of nitriles is 1. The first-order valence-corrected chi connectivity index (χ1v) is 7.79. The summed E-state index contributed by atoms with van der Waals surface area (Å²) in [5.74, 6) is 0.873. The Morgan fingerprint density at radius 1 is 1.58 bits per heavy atom. The third-order valence-corrected chi connectivity index (χ3v) is 4.28. The first-order chi connectivity index (χ1) is 11.4. The van der Waals surface area contributed by atoms with Crippen LogP contribution in [0.25, 0.3) is 0 Å². The number of aromatic nitrogens is 3. The quantitative estimate of drug-likeness (QED) is 0.892. The lowest BCUT2D eigenvalue weighted by molar-refractivity contribution is -0.121. The van der Waals surface area contributed by atoms with Gasteiger partial charge in [0.1, 0.15) is 17.3 Å². The maximum Gasteiger partial charge on any atom is 0.253 e. The molecule has 24 heavy (non-hydrogen) atoms. The second-order valence-electron chi connectivity index (χ2n) is 6.33. The van der Waals surface area contributed by atoms with Crippen LogP contribution < -0.4 is 5.32 Å². The van der Waals surface area contributed by atoms with Gasteiger partial charge < -0.3 is 14.4 Å². The topological polar surface area (TPSA) is 100.0 Å². The van der Waals surface area contributed by atoms with Gasteiger partial charge in [0, 0.05) is 39.8 Å². The van der Waals surface area contributed by atoms with Crippen LogP contribution in [-0.4, -0.2) is 38.6 Å². The molecule has 126 valence electrons. The molecule has 0 bridgehead atoms. The molecule has 1 amide bonds. The number of likely N-dealkylation sites (tertiary alicyclic amines) is 1. The van der Waals surface area contributed by atoms with Crippen LogP contribution in [0.1, 0.15) is 36.3 Å². The Balaban J connectivity index is 1.79. The Morgan fingerprint density at radius 2 is 2.38 bits per heavy atom. The average Bonchev–Trinajstić information content (AvgIpc) is 3.19. The van der Waals surface area contributed by atoms with E-state index in [0.29, 0.717) is 36.9 Å². The van der Waals surface area contributed by atoms with Crippen molar-refractivity contribution in [2.24, 2.45) is 7.05 Å². The van der Waals surface area contributed by atoms with Crippen LogP contribution in [0.2, 0.25) is 0 Å². The van der Waals surface area contributed by atoms with E-state index in [1.165, 1.54) is 6.92 Å². The number of carbonyl (C=O) groups is 1. The van der Waals surface area contributed by atoms with Gasteiger partial charge in [-0.25, -0.2) is 0 Å². The molecule has 1 N–H and O–H groups in total. The molecule has 1 unspecified atom stereocenters. The van der Waals surface area contributed by atoms with E-state index in [1.807, 2.05) is 23.9 Å². The van der Waals surface area contributed by atoms with Crippen molar-refractivity contribution < 1.29 is 9.32 Å². The maximum atomic E-state index is 11.7. The molecule has 1 aliphatic heterocycles. The van der Waals surface area contributed by atoms with Crippen molar-refractivity contribution in [3.05, 3.63) is 35.2 Å². The molecule has 0 aromatic carbocycles. The summed E-state index contributed by atoms with van der Waals surface area (Å²) in [4.78, 5) is 18.2. The van der Waals surface area contributed by atoms with Crippen LogP contribution in [-0.2, 0) is 23.9 Å². The Kier molecular flexibility index (Phi) is 4.11. The first kappa shape index (κ1) is 16.2. The normalized spacial score (nSPS) is 20.9. The molecule has 0 aliphatic carbocycles. The summed E-state index contributed by atoms with van der Waals surface area (Å²) in [6.07, 6.45) is 2.65. The lowest BCUT2D eigenvalue weighted by atomic mass is 9.98. The second kappa shape index (κ2) is 6.09. The van der Waals surface area contributed by atoms with Gasteiger partial charge in [-0.05, 0) is 25.0 Å². The summed E-state index contributed by atoms with van der Waals surface area (Å²) in [7, 11) is 1.86. The van der Waals surface area contributed by atoms with E-state index in [9.17, 15) is 4.79 Å². The molecule has 1 aliphatic rings. The monoisotopic (exact) mass is 328 g/mol. The summed E-state index contributed by atoms with van der Waals surface area (Å²) in [6.45, 7) is 5.33.